The zero-order valence-corrected chi connectivity index (χ0v) is 22.6. The van der Waals surface area contributed by atoms with Gasteiger partial charge in [-0.3, -0.25) is 9.59 Å². The lowest BCUT2D eigenvalue weighted by molar-refractivity contribution is -0.148. The van der Waals surface area contributed by atoms with E-state index in [1.54, 1.807) is 48.5 Å². The van der Waals surface area contributed by atoms with Crippen molar-refractivity contribution in [1.82, 2.24) is 4.90 Å². The number of ether oxygens (including phenoxy) is 4. The molecule has 0 aliphatic carbocycles. The topological polar surface area (TPSA) is 117 Å². The molecule has 2 aromatic carbocycles. The lowest BCUT2D eigenvalue weighted by Crippen LogP contribution is -2.48. The number of amides is 2. The van der Waals surface area contributed by atoms with Gasteiger partial charge in [-0.1, -0.05) is 38.6 Å². The summed E-state index contributed by atoms with van der Waals surface area (Å²) in [6.45, 7) is 8.14. The molecule has 0 unspecified atom stereocenters. The molecule has 0 aliphatic rings. The quantitative estimate of drug-likeness (QED) is 0.198. The second-order valence-corrected chi connectivity index (χ2v) is 8.99. The number of primary amides is 1. The van der Waals surface area contributed by atoms with E-state index in [4.69, 9.17) is 24.7 Å². The third-order valence-electron chi connectivity index (χ3n) is 5.83. The highest BCUT2D eigenvalue weighted by Gasteiger charge is 2.35. The van der Waals surface area contributed by atoms with Crippen LogP contribution in [0.25, 0.3) is 0 Å². The van der Waals surface area contributed by atoms with Gasteiger partial charge in [0.15, 0.2) is 0 Å². The summed E-state index contributed by atoms with van der Waals surface area (Å²) in [6, 6.07) is 11.3. The van der Waals surface area contributed by atoms with E-state index in [2.05, 4.69) is 6.58 Å². The van der Waals surface area contributed by atoms with Crippen molar-refractivity contribution in [3.8, 4) is 17.2 Å². The lowest BCUT2D eigenvalue weighted by atomic mass is 9.99. The first-order chi connectivity index (χ1) is 18.2. The fourth-order valence-corrected chi connectivity index (χ4v) is 3.97. The highest BCUT2D eigenvalue weighted by atomic mass is 16.5. The smallest absolute Gasteiger partial charge is 0.328 e. The number of hydrogen-bond acceptors (Lipinski definition) is 7. The van der Waals surface area contributed by atoms with E-state index in [9.17, 15) is 14.4 Å². The molecule has 0 heterocycles. The Balaban J connectivity index is 2.42. The van der Waals surface area contributed by atoms with Gasteiger partial charge in [-0.15, -0.1) is 0 Å². The third kappa shape index (κ3) is 8.54. The summed E-state index contributed by atoms with van der Waals surface area (Å²) in [5.74, 6) is -0.00980. The number of rotatable bonds is 16. The van der Waals surface area contributed by atoms with Crippen LogP contribution in [0, 0.1) is 5.92 Å². The molecule has 0 aliphatic heterocycles. The van der Waals surface area contributed by atoms with E-state index in [0.717, 1.165) is 0 Å². The van der Waals surface area contributed by atoms with Gasteiger partial charge in [-0.2, -0.15) is 0 Å². The summed E-state index contributed by atoms with van der Waals surface area (Å²) >= 11 is 0. The minimum atomic E-state index is -0.856. The lowest BCUT2D eigenvalue weighted by Gasteiger charge is -2.33. The Morgan fingerprint density at radius 3 is 2.39 bits per heavy atom. The second-order valence-electron chi connectivity index (χ2n) is 8.99. The Hall–Kier alpha value is -4.01. The van der Waals surface area contributed by atoms with Crippen LogP contribution in [-0.2, 0) is 20.9 Å². The first kappa shape index (κ1) is 30.2. The number of nitrogens with two attached hydrogens (primary N) is 1. The van der Waals surface area contributed by atoms with Gasteiger partial charge in [0.05, 0.1) is 32.9 Å². The number of methoxy groups -OCH3 is 2. The highest BCUT2D eigenvalue weighted by Crippen LogP contribution is 2.30. The zero-order valence-electron chi connectivity index (χ0n) is 22.6. The van der Waals surface area contributed by atoms with E-state index < -0.39 is 12.0 Å². The summed E-state index contributed by atoms with van der Waals surface area (Å²) in [7, 11) is 2.79. The fourth-order valence-electron chi connectivity index (χ4n) is 3.97. The number of esters is 1. The molecule has 0 spiro atoms. The monoisotopic (exact) mass is 526 g/mol. The molecular formula is C29H38N2O7. The number of carbonyl (C=O) groups excluding carboxylic acids is 3. The predicted molar refractivity (Wildman–Crippen MR) is 144 cm³/mol. The van der Waals surface area contributed by atoms with Crippen LogP contribution < -0.4 is 19.9 Å². The number of benzene rings is 2. The Labute approximate surface area is 224 Å². The maximum Gasteiger partial charge on any atom is 0.328 e. The molecule has 1 atom stereocenters. The Bertz CT molecular complexity index is 1100. The molecule has 38 heavy (non-hydrogen) atoms. The molecule has 9 nitrogen and oxygen atoms in total. The van der Waals surface area contributed by atoms with Crippen LogP contribution in [0.4, 0.5) is 0 Å². The Morgan fingerprint density at radius 1 is 1.03 bits per heavy atom. The molecule has 0 fully saturated rings. The van der Waals surface area contributed by atoms with Gasteiger partial charge in [-0.05, 0) is 43.0 Å². The summed E-state index contributed by atoms with van der Waals surface area (Å²) in [4.78, 5) is 39.1. The minimum absolute atomic E-state index is 0.0696. The SMILES string of the molecule is C=CCOc1cc(OCCCCC(N)=O)ccc1CN(C(=O)c1ccccc1OC)[C@H](C(=O)OC)C(C)C. The van der Waals surface area contributed by atoms with Gasteiger partial charge in [0, 0.05) is 18.1 Å². The Morgan fingerprint density at radius 2 is 1.76 bits per heavy atom. The first-order valence-electron chi connectivity index (χ1n) is 12.5. The molecule has 206 valence electrons. The maximum atomic E-state index is 13.9. The molecule has 9 heteroatoms. The normalized spacial score (nSPS) is 11.4. The first-order valence-corrected chi connectivity index (χ1v) is 12.5. The molecule has 2 rings (SSSR count). The highest BCUT2D eigenvalue weighted by molar-refractivity contribution is 5.99. The van der Waals surface area contributed by atoms with E-state index in [1.165, 1.54) is 19.1 Å². The van der Waals surface area contributed by atoms with Gasteiger partial charge in [0.25, 0.3) is 5.91 Å². The number of nitrogens with zero attached hydrogens (tertiary/aromatic N) is 1. The van der Waals surface area contributed by atoms with E-state index in [0.29, 0.717) is 54.2 Å². The largest absolute Gasteiger partial charge is 0.496 e. The number of para-hydroxylation sites is 1. The van der Waals surface area contributed by atoms with Crippen molar-refractivity contribution >= 4 is 17.8 Å². The van der Waals surface area contributed by atoms with Gasteiger partial charge in [0.2, 0.25) is 5.91 Å². The van der Waals surface area contributed by atoms with Crippen LogP contribution >= 0.6 is 0 Å². The van der Waals surface area contributed by atoms with Gasteiger partial charge < -0.3 is 29.6 Å². The van der Waals surface area contributed by atoms with Gasteiger partial charge in [-0.25, -0.2) is 4.79 Å². The number of carbonyl (C=O) groups is 3. The second kappa shape index (κ2) is 15.3. The van der Waals surface area contributed by atoms with Crippen LogP contribution in [0.2, 0.25) is 0 Å². The average Bonchev–Trinajstić information content (AvgIpc) is 2.91. The van der Waals surface area contributed by atoms with Gasteiger partial charge in [0.1, 0.15) is 29.9 Å². The van der Waals surface area contributed by atoms with Crippen LogP contribution in [0.15, 0.2) is 55.1 Å². The fraction of sp³-hybridized carbons (Fsp3) is 0.414. The molecule has 2 aromatic rings. The van der Waals surface area contributed by atoms with Crippen molar-refractivity contribution in [3.63, 3.8) is 0 Å². The summed E-state index contributed by atoms with van der Waals surface area (Å²) < 4.78 is 22.2. The van der Waals surface area contributed by atoms with Crippen molar-refractivity contribution in [3.05, 3.63) is 66.2 Å². The van der Waals surface area contributed by atoms with Crippen molar-refractivity contribution in [2.75, 3.05) is 27.4 Å². The van der Waals surface area contributed by atoms with Gasteiger partial charge >= 0.3 is 5.97 Å². The number of unbranched alkanes of at least 4 members (excludes halogenated alkanes) is 1. The number of hydrogen-bond donors (Lipinski definition) is 1. The zero-order chi connectivity index (χ0) is 28.1. The standard InChI is InChI=1S/C29H38N2O7/c1-6-16-38-25-18-22(37-17-10-9-13-26(30)32)15-14-21(25)19-31(27(20(2)3)29(34)36-5)28(33)23-11-7-8-12-24(23)35-4/h6-8,11-12,14-15,18,20,27H,1,9-10,13,16-17,19H2,2-5H3,(H2,30,32)/t27-/m0/s1. The van der Waals surface area contributed by atoms with Crippen molar-refractivity contribution in [2.45, 2.75) is 45.7 Å². The molecule has 0 aromatic heterocycles. The Kier molecular flexibility index (Phi) is 12.2. The van der Waals surface area contributed by atoms with Crippen LogP contribution in [0.3, 0.4) is 0 Å². The summed E-state index contributed by atoms with van der Waals surface area (Å²) in [6.07, 6.45) is 3.23. The summed E-state index contributed by atoms with van der Waals surface area (Å²) in [5, 5.41) is 0. The molecule has 0 radical (unpaired) electrons. The molecule has 2 amide bonds. The molecule has 2 N–H and O–H groups in total. The van der Waals surface area contributed by atoms with Crippen molar-refractivity contribution < 1.29 is 33.3 Å². The average molecular weight is 527 g/mol. The molecular weight excluding hydrogens is 488 g/mol. The molecule has 0 saturated carbocycles. The third-order valence-corrected chi connectivity index (χ3v) is 5.83. The van der Waals surface area contributed by atoms with Crippen LogP contribution in [0.5, 0.6) is 17.2 Å². The molecule has 0 bridgehead atoms. The predicted octanol–water partition coefficient (Wildman–Crippen LogP) is 4.13. The summed E-state index contributed by atoms with van der Waals surface area (Å²) in [5.41, 5.74) is 6.18. The van der Waals surface area contributed by atoms with Crippen molar-refractivity contribution in [1.29, 1.82) is 0 Å². The van der Waals surface area contributed by atoms with Crippen LogP contribution in [-0.4, -0.2) is 56.2 Å². The van der Waals surface area contributed by atoms with Crippen LogP contribution in [0.1, 0.15) is 49.0 Å². The van der Waals surface area contributed by atoms with Crippen molar-refractivity contribution in [2.24, 2.45) is 11.7 Å². The van der Waals surface area contributed by atoms with E-state index >= 15 is 0 Å². The minimum Gasteiger partial charge on any atom is -0.496 e. The molecule has 0 saturated heterocycles. The van der Waals surface area contributed by atoms with E-state index in [-0.39, 0.29) is 30.9 Å². The van der Waals surface area contributed by atoms with E-state index in [1.807, 2.05) is 13.8 Å². The maximum absolute atomic E-state index is 13.9.